The smallest absolute Gasteiger partial charge is 0.257 e. The van der Waals surface area contributed by atoms with Gasteiger partial charge in [-0.05, 0) is 36.6 Å². The Kier molecular flexibility index (Phi) is 5.59. The molecule has 0 radical (unpaired) electrons. The van der Waals surface area contributed by atoms with Crippen LogP contribution in [0.2, 0.25) is 0 Å². The predicted molar refractivity (Wildman–Crippen MR) is 107 cm³/mol. The minimum absolute atomic E-state index is 0.00892. The van der Waals surface area contributed by atoms with Crippen LogP contribution < -0.4 is 24.6 Å². The summed E-state index contributed by atoms with van der Waals surface area (Å²) in [5.74, 6) is 0.454. The van der Waals surface area contributed by atoms with E-state index < -0.39 is 15.9 Å². The van der Waals surface area contributed by atoms with Crippen LogP contribution in [0, 0.1) is 0 Å². The van der Waals surface area contributed by atoms with Crippen LogP contribution in [0.1, 0.15) is 18.4 Å². The number of hydrazine groups is 1. The topological polar surface area (TPSA) is 97.0 Å². The molecule has 2 aliphatic rings. The van der Waals surface area contributed by atoms with Crippen molar-refractivity contribution in [2.24, 2.45) is 0 Å². The first-order valence-corrected chi connectivity index (χ1v) is 11.0. The molecule has 0 unspecified atom stereocenters. The van der Waals surface area contributed by atoms with Crippen LogP contribution in [0.25, 0.3) is 0 Å². The molecule has 0 bridgehead atoms. The highest BCUT2D eigenvalue weighted by Crippen LogP contribution is 2.31. The van der Waals surface area contributed by atoms with E-state index in [4.69, 9.17) is 9.47 Å². The summed E-state index contributed by atoms with van der Waals surface area (Å²) in [5, 5.41) is 0. The summed E-state index contributed by atoms with van der Waals surface area (Å²) in [6, 6.07) is 12.3. The lowest BCUT2D eigenvalue weighted by Crippen LogP contribution is -2.47. The lowest BCUT2D eigenvalue weighted by Gasteiger charge is -2.30. The highest BCUT2D eigenvalue weighted by Gasteiger charge is 2.22. The molecule has 2 aromatic carbocycles. The van der Waals surface area contributed by atoms with E-state index in [0.29, 0.717) is 24.7 Å². The van der Waals surface area contributed by atoms with Gasteiger partial charge in [0.15, 0.2) is 11.5 Å². The number of nitrogens with one attached hydrogen (secondary N) is 2. The summed E-state index contributed by atoms with van der Waals surface area (Å²) < 4.78 is 36.2. The predicted octanol–water partition coefficient (Wildman–Crippen LogP) is 1.61. The Morgan fingerprint density at radius 1 is 1.03 bits per heavy atom. The number of hydrogen-bond acceptors (Lipinski definition) is 6. The van der Waals surface area contributed by atoms with Crippen LogP contribution in [0.15, 0.2) is 47.4 Å². The van der Waals surface area contributed by atoms with Crippen LogP contribution in [0.3, 0.4) is 0 Å². The Morgan fingerprint density at radius 3 is 2.69 bits per heavy atom. The standard InChI is InChI=1S/C20H23N3O5S/c24-20(14-23-10-3-6-15-5-1-2-7-17(15)23)21-22-29(25,26)16-8-9-18-19(13-16)28-12-4-11-27-18/h1-2,5,7-9,13,22H,3-4,6,10-12,14H2,(H,21,24). The Labute approximate surface area is 169 Å². The summed E-state index contributed by atoms with van der Waals surface area (Å²) >= 11 is 0. The molecule has 154 valence electrons. The normalized spacial score (nSPS) is 15.9. The fraction of sp³-hybridized carbons (Fsp3) is 0.350. The summed E-state index contributed by atoms with van der Waals surface area (Å²) in [6.07, 6.45) is 2.66. The number of para-hydroxylation sites is 1. The zero-order valence-electron chi connectivity index (χ0n) is 15.9. The molecular formula is C20H23N3O5S. The van der Waals surface area contributed by atoms with Gasteiger partial charge in [0.05, 0.1) is 24.7 Å². The number of ether oxygens (including phenoxy) is 2. The summed E-state index contributed by atoms with van der Waals surface area (Å²) in [5.41, 5.74) is 4.51. The molecule has 0 saturated carbocycles. The molecule has 0 spiro atoms. The van der Waals surface area contributed by atoms with E-state index in [1.165, 1.54) is 17.7 Å². The second-order valence-electron chi connectivity index (χ2n) is 6.97. The van der Waals surface area contributed by atoms with Crippen molar-refractivity contribution in [3.8, 4) is 11.5 Å². The van der Waals surface area contributed by atoms with Crippen LogP contribution in [0.4, 0.5) is 5.69 Å². The van der Waals surface area contributed by atoms with Gasteiger partial charge >= 0.3 is 0 Å². The van der Waals surface area contributed by atoms with Gasteiger partial charge in [0, 0.05) is 24.7 Å². The molecule has 29 heavy (non-hydrogen) atoms. The number of benzene rings is 2. The molecular weight excluding hydrogens is 394 g/mol. The Hall–Kier alpha value is -2.78. The van der Waals surface area contributed by atoms with Gasteiger partial charge in [-0.25, -0.2) is 8.42 Å². The quantitative estimate of drug-likeness (QED) is 0.718. The van der Waals surface area contributed by atoms with Gasteiger partial charge in [-0.3, -0.25) is 10.2 Å². The fourth-order valence-electron chi connectivity index (χ4n) is 3.48. The Morgan fingerprint density at radius 2 is 1.83 bits per heavy atom. The van der Waals surface area contributed by atoms with Crippen LogP contribution in [0.5, 0.6) is 11.5 Å². The molecule has 2 aliphatic heterocycles. The number of fused-ring (bicyclic) bond motifs is 2. The Bertz CT molecular complexity index is 1010. The van der Waals surface area contributed by atoms with Gasteiger partial charge in [-0.1, -0.05) is 18.2 Å². The number of hydrogen-bond donors (Lipinski definition) is 2. The van der Waals surface area contributed by atoms with E-state index >= 15 is 0 Å². The van der Waals surface area contributed by atoms with Gasteiger partial charge in [-0.15, -0.1) is 4.83 Å². The number of carbonyl (C=O) groups excluding carboxylic acids is 1. The maximum absolute atomic E-state index is 12.6. The van der Waals surface area contributed by atoms with E-state index in [1.807, 2.05) is 29.2 Å². The lowest BCUT2D eigenvalue weighted by molar-refractivity contribution is -0.120. The molecule has 2 N–H and O–H groups in total. The monoisotopic (exact) mass is 417 g/mol. The number of carbonyl (C=O) groups is 1. The fourth-order valence-corrected chi connectivity index (χ4v) is 4.36. The molecule has 8 nitrogen and oxygen atoms in total. The molecule has 4 rings (SSSR count). The molecule has 0 fully saturated rings. The molecule has 2 heterocycles. The molecule has 1 amide bonds. The lowest BCUT2D eigenvalue weighted by atomic mass is 10.0. The number of rotatable bonds is 5. The highest BCUT2D eigenvalue weighted by molar-refractivity contribution is 7.89. The van der Waals surface area contributed by atoms with Crippen molar-refractivity contribution in [3.05, 3.63) is 48.0 Å². The molecule has 0 aromatic heterocycles. The van der Waals surface area contributed by atoms with Gasteiger partial charge < -0.3 is 14.4 Å². The first-order valence-electron chi connectivity index (χ1n) is 9.56. The van der Waals surface area contributed by atoms with Crippen molar-refractivity contribution in [2.75, 3.05) is 31.2 Å². The largest absolute Gasteiger partial charge is 0.490 e. The van der Waals surface area contributed by atoms with Crippen molar-refractivity contribution in [1.82, 2.24) is 10.3 Å². The Balaban J connectivity index is 1.40. The SMILES string of the molecule is O=C(CN1CCCc2ccccc21)NNS(=O)(=O)c1ccc2c(c1)OCCCO2. The number of sulfonamides is 1. The van der Waals surface area contributed by atoms with Gasteiger partial charge in [0.2, 0.25) is 0 Å². The number of nitrogens with zero attached hydrogens (tertiary/aromatic N) is 1. The third-order valence-electron chi connectivity index (χ3n) is 4.90. The number of aryl methyl sites for hydroxylation is 1. The average Bonchev–Trinajstić information content (AvgIpc) is 2.97. The first kappa shape index (κ1) is 19.5. The summed E-state index contributed by atoms with van der Waals surface area (Å²) in [4.78, 5) is 16.5. The second kappa shape index (κ2) is 8.30. The molecule has 0 atom stereocenters. The third kappa shape index (κ3) is 4.46. The van der Waals surface area contributed by atoms with Crippen LogP contribution in [-0.4, -0.2) is 40.6 Å². The van der Waals surface area contributed by atoms with E-state index in [-0.39, 0.29) is 11.4 Å². The number of amides is 1. The van der Waals surface area contributed by atoms with Crippen LogP contribution in [-0.2, 0) is 21.2 Å². The summed E-state index contributed by atoms with van der Waals surface area (Å²) in [7, 11) is -3.94. The van der Waals surface area contributed by atoms with E-state index in [1.54, 1.807) is 6.07 Å². The zero-order chi connectivity index (χ0) is 20.3. The van der Waals surface area contributed by atoms with E-state index in [2.05, 4.69) is 10.3 Å². The average molecular weight is 417 g/mol. The third-order valence-corrected chi connectivity index (χ3v) is 6.14. The van der Waals surface area contributed by atoms with Crippen molar-refractivity contribution in [2.45, 2.75) is 24.2 Å². The number of anilines is 1. The minimum atomic E-state index is -3.94. The van der Waals surface area contributed by atoms with Crippen molar-refractivity contribution in [3.63, 3.8) is 0 Å². The van der Waals surface area contributed by atoms with E-state index in [9.17, 15) is 13.2 Å². The van der Waals surface area contributed by atoms with Gasteiger partial charge in [-0.2, -0.15) is 0 Å². The maximum Gasteiger partial charge on any atom is 0.257 e. The maximum atomic E-state index is 12.6. The first-order chi connectivity index (χ1) is 14.0. The molecule has 9 heteroatoms. The van der Waals surface area contributed by atoms with Crippen molar-refractivity contribution < 1.29 is 22.7 Å². The second-order valence-corrected chi connectivity index (χ2v) is 8.65. The van der Waals surface area contributed by atoms with Gasteiger partial charge in [0.1, 0.15) is 0 Å². The van der Waals surface area contributed by atoms with Gasteiger partial charge in [0.25, 0.3) is 15.9 Å². The molecule has 2 aromatic rings. The summed E-state index contributed by atoms with van der Waals surface area (Å²) in [6.45, 7) is 1.80. The van der Waals surface area contributed by atoms with Crippen molar-refractivity contribution >= 4 is 21.6 Å². The highest BCUT2D eigenvalue weighted by atomic mass is 32.2. The zero-order valence-corrected chi connectivity index (χ0v) is 16.7. The van der Waals surface area contributed by atoms with Crippen molar-refractivity contribution in [1.29, 1.82) is 0 Å². The minimum Gasteiger partial charge on any atom is -0.490 e. The molecule has 0 aliphatic carbocycles. The van der Waals surface area contributed by atoms with E-state index in [0.717, 1.165) is 31.5 Å². The molecule has 0 saturated heterocycles. The van der Waals surface area contributed by atoms with Crippen LogP contribution >= 0.6 is 0 Å².